The van der Waals surface area contributed by atoms with E-state index in [2.05, 4.69) is 52.9 Å². The van der Waals surface area contributed by atoms with Crippen molar-refractivity contribution in [2.24, 2.45) is 0 Å². The molecule has 0 radical (unpaired) electrons. The normalized spacial score (nSPS) is 19.8. The minimum atomic E-state index is -0.629. The predicted octanol–water partition coefficient (Wildman–Crippen LogP) is 6.64. The summed E-state index contributed by atoms with van der Waals surface area (Å²) in [5, 5.41) is 6.36. The Morgan fingerprint density at radius 2 is 1.60 bits per heavy atom. The molecule has 1 atom stereocenters. The maximum absolute atomic E-state index is 15.7. The number of anilines is 1. The smallest absolute Gasteiger partial charge is 0.195 e. The molecule has 1 aliphatic carbocycles. The van der Waals surface area contributed by atoms with Gasteiger partial charge in [-0.25, -0.2) is 4.39 Å². The number of likely N-dealkylation sites (N-methyl/N-ethyl adjacent to an activating group) is 1. The topological polar surface area (TPSA) is 94.2 Å². The molecule has 2 bridgehead atoms. The van der Waals surface area contributed by atoms with Gasteiger partial charge in [-0.3, -0.25) is 14.4 Å². The fourth-order valence-corrected chi connectivity index (χ4v) is 7.46. The third-order valence-corrected chi connectivity index (χ3v) is 11.0. The van der Waals surface area contributed by atoms with E-state index in [-0.39, 0.29) is 51.9 Å². The molecule has 53 heavy (non-hydrogen) atoms. The first kappa shape index (κ1) is 38.1. The average molecular weight is 722 g/mol. The molecular weight excluding hydrogens is 670 g/mol. The van der Waals surface area contributed by atoms with E-state index in [4.69, 9.17) is 4.74 Å². The van der Waals surface area contributed by atoms with Crippen LogP contribution in [-0.4, -0.2) is 105 Å². The van der Waals surface area contributed by atoms with Crippen molar-refractivity contribution in [2.45, 2.75) is 52.5 Å². The molecule has 2 N–H and O–H groups in total. The molecule has 3 aromatic rings. The average Bonchev–Trinajstić information content (AvgIpc) is 3.53. The standard InChI is InChI=1S/C37H39FN4O4.C6H13N/c1-5-39-33-31(38)20-28-22(2)37(33)46-32-21-30-29(35(44)26-9-6-7-10-27(26)36(30)45)19-24(32)11-12-25(34(28)43)23(3)40-13-8-14-42-17-15-41(4)16-18-42;1-6-4-3-5-7(6)2/h6-7,9-10,12,19-21,39-40H,3,5,8,11,13-18H2,1-2,4H3;6H,3-5H2,1-2H3/b25-12-;. The second kappa shape index (κ2) is 16.6. The highest BCUT2D eigenvalue weighted by molar-refractivity contribution is 6.28. The molecule has 280 valence electrons. The molecule has 0 spiro atoms. The van der Waals surface area contributed by atoms with Gasteiger partial charge in [0, 0.05) is 90.0 Å². The van der Waals surface area contributed by atoms with Crippen LogP contribution in [-0.2, 0) is 6.42 Å². The van der Waals surface area contributed by atoms with Gasteiger partial charge in [-0.2, -0.15) is 0 Å². The number of carbonyl (C=O) groups is 3. The molecule has 0 aromatic heterocycles. The molecule has 3 heterocycles. The zero-order valence-corrected chi connectivity index (χ0v) is 31.7. The lowest BCUT2D eigenvalue weighted by Gasteiger charge is -2.32. The van der Waals surface area contributed by atoms with Crippen LogP contribution in [0.2, 0.25) is 0 Å². The molecule has 0 amide bonds. The number of hydrogen-bond acceptors (Lipinski definition) is 9. The number of piperazine rings is 1. The van der Waals surface area contributed by atoms with E-state index in [9.17, 15) is 14.4 Å². The van der Waals surface area contributed by atoms with Gasteiger partial charge in [0.1, 0.15) is 11.4 Å². The first-order chi connectivity index (χ1) is 25.5. The zero-order chi connectivity index (χ0) is 37.8. The van der Waals surface area contributed by atoms with Crippen molar-refractivity contribution in [1.82, 2.24) is 20.0 Å². The van der Waals surface area contributed by atoms with E-state index in [1.165, 1.54) is 25.5 Å². The van der Waals surface area contributed by atoms with Gasteiger partial charge >= 0.3 is 0 Å². The van der Waals surface area contributed by atoms with E-state index in [1.807, 2.05) is 6.92 Å². The summed E-state index contributed by atoms with van der Waals surface area (Å²) in [6.45, 7) is 17.5. The highest BCUT2D eigenvalue weighted by atomic mass is 19.1. The minimum Gasteiger partial charge on any atom is -0.454 e. The van der Waals surface area contributed by atoms with Crippen LogP contribution in [0.4, 0.5) is 10.1 Å². The maximum atomic E-state index is 15.7. The SMILES string of the molecule is C=C(NCCCN1CCN(C)CC1)/C1=C/Cc2cc3c(cc2Oc2c(C)c(cc(F)c2NCC)C1=O)C(=O)c1ccccc1C3=O.CC1CCCN1C. The largest absolute Gasteiger partial charge is 0.454 e. The van der Waals surface area contributed by atoms with E-state index < -0.39 is 5.82 Å². The number of benzene rings is 3. The van der Waals surface area contributed by atoms with Gasteiger partial charge < -0.3 is 30.1 Å². The van der Waals surface area contributed by atoms with Gasteiger partial charge in [0.2, 0.25) is 0 Å². The number of hydrogen-bond donors (Lipinski definition) is 2. The Labute approximate surface area is 312 Å². The lowest BCUT2D eigenvalue weighted by atomic mass is 9.82. The van der Waals surface area contributed by atoms with Gasteiger partial charge in [-0.1, -0.05) is 36.9 Å². The van der Waals surface area contributed by atoms with Gasteiger partial charge in [-0.15, -0.1) is 0 Å². The summed E-state index contributed by atoms with van der Waals surface area (Å²) in [6.07, 6.45) is 5.64. The zero-order valence-electron chi connectivity index (χ0n) is 31.7. The number of ketones is 3. The Balaban J connectivity index is 0.000000616. The van der Waals surface area contributed by atoms with Gasteiger partial charge in [0.25, 0.3) is 0 Å². The predicted molar refractivity (Wildman–Crippen MR) is 208 cm³/mol. The van der Waals surface area contributed by atoms with Crippen LogP contribution < -0.4 is 15.4 Å². The summed E-state index contributed by atoms with van der Waals surface area (Å²) in [5.41, 5.74) is 3.28. The van der Waals surface area contributed by atoms with Crippen LogP contribution in [0.3, 0.4) is 0 Å². The summed E-state index contributed by atoms with van der Waals surface area (Å²) in [7, 11) is 4.32. The highest BCUT2D eigenvalue weighted by Crippen LogP contribution is 2.42. The number of likely N-dealkylation sites (tertiary alicyclic amines) is 1. The number of allylic oxidation sites excluding steroid dienone is 2. The molecule has 10 heteroatoms. The maximum Gasteiger partial charge on any atom is 0.195 e. The molecule has 4 aliphatic rings. The Kier molecular flexibility index (Phi) is 11.9. The van der Waals surface area contributed by atoms with E-state index in [1.54, 1.807) is 49.4 Å². The third kappa shape index (κ3) is 8.15. The second-order valence-corrected chi connectivity index (χ2v) is 14.6. The van der Waals surface area contributed by atoms with E-state index >= 15 is 4.39 Å². The van der Waals surface area contributed by atoms with Gasteiger partial charge in [0.05, 0.1) is 0 Å². The molecule has 9 nitrogen and oxygen atoms in total. The van der Waals surface area contributed by atoms with Crippen molar-refractivity contribution in [3.8, 4) is 11.5 Å². The fraction of sp³-hybridized carbons (Fsp3) is 0.419. The Morgan fingerprint density at radius 1 is 0.925 bits per heavy atom. The molecule has 3 aliphatic heterocycles. The van der Waals surface area contributed by atoms with Crippen molar-refractivity contribution in [1.29, 1.82) is 0 Å². The number of ether oxygens (including phenoxy) is 1. The summed E-state index contributed by atoms with van der Waals surface area (Å²) in [5.74, 6) is -1.06. The number of fused-ring (bicyclic) bond motifs is 5. The summed E-state index contributed by atoms with van der Waals surface area (Å²) in [6, 6.07) is 12.1. The van der Waals surface area contributed by atoms with Crippen LogP contribution in [0.1, 0.15) is 86.4 Å². The molecule has 1 unspecified atom stereocenters. The second-order valence-electron chi connectivity index (χ2n) is 14.6. The van der Waals surface area contributed by atoms with Gasteiger partial charge in [-0.05, 0) is 97.4 Å². The van der Waals surface area contributed by atoms with E-state index in [0.29, 0.717) is 52.4 Å². The number of rotatable bonds is 8. The van der Waals surface area contributed by atoms with Crippen LogP contribution in [0, 0.1) is 12.7 Å². The lowest BCUT2D eigenvalue weighted by Crippen LogP contribution is -2.45. The van der Waals surface area contributed by atoms with Crippen molar-refractivity contribution < 1.29 is 23.5 Å². The number of halogens is 1. The number of carbonyl (C=O) groups excluding carboxylic acids is 3. The highest BCUT2D eigenvalue weighted by Gasteiger charge is 2.32. The minimum absolute atomic E-state index is 0.125. The first-order valence-corrected chi connectivity index (χ1v) is 18.9. The van der Waals surface area contributed by atoms with Crippen LogP contribution in [0.25, 0.3) is 0 Å². The van der Waals surface area contributed by atoms with Crippen molar-refractivity contribution in [3.63, 3.8) is 0 Å². The fourth-order valence-electron chi connectivity index (χ4n) is 7.46. The molecule has 2 fully saturated rings. The van der Waals surface area contributed by atoms with Crippen LogP contribution >= 0.6 is 0 Å². The third-order valence-electron chi connectivity index (χ3n) is 11.0. The molecule has 2 saturated heterocycles. The molecular formula is C43H52FN5O4. The summed E-state index contributed by atoms with van der Waals surface area (Å²) < 4.78 is 22.1. The number of nitrogens with one attached hydrogen (secondary N) is 2. The van der Waals surface area contributed by atoms with Crippen molar-refractivity contribution in [2.75, 3.05) is 71.8 Å². The Bertz CT molecular complexity index is 1940. The van der Waals surface area contributed by atoms with Crippen LogP contribution in [0.15, 0.2) is 66.4 Å². The molecule has 0 saturated carbocycles. The Morgan fingerprint density at radius 3 is 2.21 bits per heavy atom. The van der Waals surface area contributed by atoms with Gasteiger partial charge in [0.15, 0.2) is 28.9 Å². The van der Waals surface area contributed by atoms with E-state index in [0.717, 1.165) is 45.2 Å². The quantitative estimate of drug-likeness (QED) is 0.194. The molecule has 3 aromatic carbocycles. The number of Topliss-reactive ketones (excluding diaryl/α,β-unsaturated/α-hetero) is 1. The Hall–Kier alpha value is -4.64. The lowest BCUT2D eigenvalue weighted by molar-refractivity contribution is 0.0979. The monoisotopic (exact) mass is 721 g/mol. The summed E-state index contributed by atoms with van der Waals surface area (Å²) in [4.78, 5) is 48.3. The molecule has 7 rings (SSSR count). The van der Waals surface area contributed by atoms with Crippen molar-refractivity contribution >= 4 is 23.0 Å². The first-order valence-electron chi connectivity index (χ1n) is 18.9. The number of nitrogens with zero attached hydrogens (tertiary/aromatic N) is 3. The summed E-state index contributed by atoms with van der Waals surface area (Å²) >= 11 is 0. The van der Waals surface area contributed by atoms with Crippen molar-refractivity contribution in [3.05, 3.63) is 111 Å². The van der Waals surface area contributed by atoms with Crippen LogP contribution in [0.5, 0.6) is 11.5 Å².